The number of aromatic nitrogens is 1. The molecule has 0 unspecified atom stereocenters. The lowest BCUT2D eigenvalue weighted by Gasteiger charge is -2.63. The second kappa shape index (κ2) is 5.64. The van der Waals surface area contributed by atoms with Gasteiger partial charge in [-0.05, 0) is 48.6 Å². The number of hydrogen-bond acceptors (Lipinski definition) is 4. The average molecular weight is 417 g/mol. The average Bonchev–Trinajstić information content (AvgIpc) is 3.27. The Morgan fingerprint density at radius 3 is 2.90 bits per heavy atom. The van der Waals surface area contributed by atoms with Crippen molar-refractivity contribution in [2.24, 2.45) is 5.92 Å². The summed E-state index contributed by atoms with van der Waals surface area (Å²) in [5, 5.41) is 24.6. The van der Waals surface area contributed by atoms with Gasteiger partial charge in [-0.25, -0.2) is 0 Å². The number of nitrogens with zero attached hydrogens (tertiary/aromatic N) is 1. The van der Waals surface area contributed by atoms with Gasteiger partial charge in [0.2, 0.25) is 0 Å². The molecule has 5 nitrogen and oxygen atoms in total. The number of H-pyrrole nitrogens is 1. The number of aromatic hydroxyl groups is 1. The van der Waals surface area contributed by atoms with E-state index in [0.717, 1.165) is 42.7 Å². The lowest BCUT2D eigenvalue weighted by molar-refractivity contribution is -0.174. The van der Waals surface area contributed by atoms with Crippen molar-refractivity contribution in [2.45, 2.75) is 56.3 Å². The molecular weight excluding hydrogens is 388 g/mol. The number of hydrogen-bond donors (Lipinski definition) is 3. The van der Waals surface area contributed by atoms with Gasteiger partial charge in [0.05, 0.1) is 16.7 Å². The van der Waals surface area contributed by atoms with Crippen molar-refractivity contribution < 1.29 is 14.9 Å². The zero-order valence-electron chi connectivity index (χ0n) is 18.0. The van der Waals surface area contributed by atoms with Crippen LogP contribution in [0.2, 0.25) is 0 Å². The monoisotopic (exact) mass is 416 g/mol. The van der Waals surface area contributed by atoms with Gasteiger partial charge in [0.25, 0.3) is 0 Å². The van der Waals surface area contributed by atoms with Gasteiger partial charge in [-0.1, -0.05) is 38.1 Å². The number of benzene rings is 2. The Labute approximate surface area is 181 Å². The molecule has 2 aliphatic carbocycles. The zero-order chi connectivity index (χ0) is 21.1. The Morgan fingerprint density at radius 1 is 1.23 bits per heavy atom. The smallest absolute Gasteiger partial charge is 0.166 e. The number of aromatic amines is 1. The summed E-state index contributed by atoms with van der Waals surface area (Å²) in [6, 6.07) is 12.2. The van der Waals surface area contributed by atoms with Gasteiger partial charge in [-0.15, -0.1) is 0 Å². The van der Waals surface area contributed by atoms with E-state index in [-0.39, 0.29) is 17.9 Å². The van der Waals surface area contributed by atoms with Gasteiger partial charge in [0.1, 0.15) is 0 Å². The van der Waals surface area contributed by atoms with E-state index >= 15 is 0 Å². The minimum absolute atomic E-state index is 0.0413. The van der Waals surface area contributed by atoms with Crippen LogP contribution in [0.5, 0.6) is 11.5 Å². The lowest BCUT2D eigenvalue weighted by Crippen LogP contribution is -2.74. The summed E-state index contributed by atoms with van der Waals surface area (Å²) in [7, 11) is 0. The predicted octanol–water partition coefficient (Wildman–Crippen LogP) is 3.82. The highest BCUT2D eigenvalue weighted by molar-refractivity contribution is 5.86. The van der Waals surface area contributed by atoms with Gasteiger partial charge in [-0.3, -0.25) is 4.90 Å². The van der Waals surface area contributed by atoms with E-state index in [1.807, 2.05) is 12.1 Å². The van der Waals surface area contributed by atoms with E-state index in [1.165, 1.54) is 16.5 Å². The first kappa shape index (κ1) is 18.1. The van der Waals surface area contributed by atoms with Crippen LogP contribution in [0.15, 0.2) is 36.4 Å². The van der Waals surface area contributed by atoms with Crippen molar-refractivity contribution in [3.05, 3.63) is 58.8 Å². The van der Waals surface area contributed by atoms with Crippen LogP contribution < -0.4 is 4.74 Å². The summed E-state index contributed by atoms with van der Waals surface area (Å²) in [4.78, 5) is 6.15. The zero-order valence-corrected chi connectivity index (χ0v) is 18.0. The molecule has 3 N–H and O–H groups in total. The highest BCUT2D eigenvalue weighted by Crippen LogP contribution is 2.68. The molecule has 31 heavy (non-hydrogen) atoms. The van der Waals surface area contributed by atoms with Gasteiger partial charge in [-0.2, -0.15) is 0 Å². The third-order valence-electron chi connectivity index (χ3n) is 8.48. The fourth-order valence-electron chi connectivity index (χ4n) is 7.41. The molecule has 5 heteroatoms. The van der Waals surface area contributed by atoms with Crippen LogP contribution in [-0.4, -0.2) is 44.8 Å². The summed E-state index contributed by atoms with van der Waals surface area (Å²) < 4.78 is 6.59. The molecule has 4 aliphatic rings. The summed E-state index contributed by atoms with van der Waals surface area (Å²) in [5.74, 6) is 1.31. The molecule has 0 saturated carbocycles. The second-order valence-electron chi connectivity index (χ2n) is 10.4. The predicted molar refractivity (Wildman–Crippen MR) is 119 cm³/mol. The molecule has 3 aromatic rings. The lowest BCUT2D eigenvalue weighted by atomic mass is 9.49. The molecule has 1 aromatic heterocycles. The number of phenols is 1. The quantitative estimate of drug-likeness (QED) is 0.594. The minimum Gasteiger partial charge on any atom is -0.504 e. The van der Waals surface area contributed by atoms with Crippen LogP contribution >= 0.6 is 0 Å². The van der Waals surface area contributed by atoms with Gasteiger partial charge >= 0.3 is 0 Å². The molecule has 2 bridgehead atoms. The molecule has 2 aromatic carbocycles. The van der Waals surface area contributed by atoms with Crippen molar-refractivity contribution in [1.82, 2.24) is 9.88 Å². The topological polar surface area (TPSA) is 68.7 Å². The Morgan fingerprint density at radius 2 is 2.06 bits per heavy atom. The standard InChI is InChI=1S/C26H28N2O3/c1-14(2)13-28-10-9-25-21-15-7-8-19(29)23(21)31-24(25)22-17(12-26(25,30)20(28)11-15)16-5-3-4-6-18(16)27-22/h3-8,14,20,24,27,29-30H,9-13H2,1-2H3/t20-,24-,25-,26+/m0/s1. The molecule has 1 spiro atoms. The number of piperidine rings is 1. The van der Waals surface area contributed by atoms with Crippen LogP contribution in [-0.2, 0) is 18.3 Å². The minimum atomic E-state index is -0.936. The number of likely N-dealkylation sites (tertiary alicyclic amines) is 1. The van der Waals surface area contributed by atoms with Crippen LogP contribution in [0.3, 0.4) is 0 Å². The second-order valence-corrected chi connectivity index (χ2v) is 10.4. The fraction of sp³-hybridized carbons (Fsp3) is 0.462. The molecule has 160 valence electrons. The van der Waals surface area contributed by atoms with Crippen molar-refractivity contribution in [2.75, 3.05) is 13.1 Å². The van der Waals surface area contributed by atoms with Gasteiger partial charge < -0.3 is 19.9 Å². The van der Waals surface area contributed by atoms with E-state index in [0.29, 0.717) is 18.1 Å². The van der Waals surface area contributed by atoms with Crippen LogP contribution in [0.25, 0.3) is 10.9 Å². The molecule has 0 amide bonds. The van der Waals surface area contributed by atoms with Gasteiger partial charge in [0, 0.05) is 35.5 Å². The third kappa shape index (κ3) is 1.96. The maximum absolute atomic E-state index is 12.7. The Bertz CT molecular complexity index is 1250. The number of fused-ring (bicyclic) bond motifs is 4. The third-order valence-corrected chi connectivity index (χ3v) is 8.48. The molecule has 4 atom stereocenters. The number of nitrogens with one attached hydrogen (secondary N) is 1. The van der Waals surface area contributed by atoms with E-state index in [4.69, 9.17) is 4.74 Å². The van der Waals surface area contributed by atoms with Crippen molar-refractivity contribution >= 4 is 10.9 Å². The summed E-state index contributed by atoms with van der Waals surface area (Å²) in [6.07, 6.45) is 1.93. The molecular formula is C26H28N2O3. The molecule has 7 rings (SSSR count). The Kier molecular flexibility index (Phi) is 3.30. The van der Waals surface area contributed by atoms with Crippen LogP contribution in [0.4, 0.5) is 0 Å². The van der Waals surface area contributed by atoms with Crippen LogP contribution in [0.1, 0.15) is 48.8 Å². The highest BCUT2D eigenvalue weighted by Gasteiger charge is 2.72. The van der Waals surface area contributed by atoms with E-state index in [1.54, 1.807) is 6.07 Å². The first-order chi connectivity index (χ1) is 14.9. The number of para-hydroxylation sites is 1. The van der Waals surface area contributed by atoms with Crippen molar-refractivity contribution in [3.63, 3.8) is 0 Å². The molecule has 0 radical (unpaired) electrons. The summed E-state index contributed by atoms with van der Waals surface area (Å²) in [5.41, 5.74) is 4.15. The normalized spacial score (nSPS) is 32.8. The van der Waals surface area contributed by atoms with Crippen LogP contribution in [0, 0.1) is 5.92 Å². The molecule has 1 fully saturated rings. The highest BCUT2D eigenvalue weighted by atomic mass is 16.5. The fourth-order valence-corrected chi connectivity index (χ4v) is 7.41. The van der Waals surface area contributed by atoms with E-state index in [2.05, 4.69) is 41.9 Å². The van der Waals surface area contributed by atoms with E-state index in [9.17, 15) is 10.2 Å². The Balaban J connectivity index is 1.54. The number of phenolic OH excluding ortho intramolecular Hbond substituents is 1. The number of aliphatic hydroxyl groups is 1. The first-order valence-corrected chi connectivity index (χ1v) is 11.5. The summed E-state index contributed by atoms with van der Waals surface area (Å²) in [6.45, 7) is 6.42. The van der Waals surface area contributed by atoms with E-state index < -0.39 is 11.0 Å². The largest absolute Gasteiger partial charge is 0.504 e. The molecule has 1 saturated heterocycles. The first-order valence-electron chi connectivity index (χ1n) is 11.5. The number of ether oxygens (including phenoxy) is 1. The maximum Gasteiger partial charge on any atom is 0.166 e. The SMILES string of the molecule is CC(C)CN1CC[C@]23c4c5ccc(O)c4O[C@H]2c2[nH]c4ccccc4c2C[C@@]3(O)[C@@H]1C5. The van der Waals surface area contributed by atoms with Crippen molar-refractivity contribution in [1.29, 1.82) is 0 Å². The molecule has 2 aliphatic heterocycles. The Hall–Kier alpha value is -2.50. The number of rotatable bonds is 2. The van der Waals surface area contributed by atoms with Gasteiger partial charge in [0.15, 0.2) is 17.6 Å². The molecule has 3 heterocycles. The maximum atomic E-state index is 12.7. The van der Waals surface area contributed by atoms with Crippen molar-refractivity contribution in [3.8, 4) is 11.5 Å². The summed E-state index contributed by atoms with van der Waals surface area (Å²) >= 11 is 0.